The number of benzene rings is 1. The van der Waals surface area contributed by atoms with E-state index in [9.17, 15) is 15.0 Å². The summed E-state index contributed by atoms with van der Waals surface area (Å²) in [4.78, 5) is 18.7. The van der Waals surface area contributed by atoms with Crippen molar-refractivity contribution in [2.45, 2.75) is 36.0 Å². The second kappa shape index (κ2) is 12.4. The average molecular weight is 535 g/mol. The molecule has 2 N–H and O–H groups in total. The number of aliphatic hydroxyl groups is 1. The van der Waals surface area contributed by atoms with Crippen LogP contribution in [0.25, 0.3) is 10.9 Å². The van der Waals surface area contributed by atoms with E-state index in [0.717, 1.165) is 57.4 Å². The van der Waals surface area contributed by atoms with Crippen LogP contribution in [0.3, 0.4) is 0 Å². The van der Waals surface area contributed by atoms with Gasteiger partial charge < -0.3 is 19.8 Å². The number of thioether (sulfide) groups is 1. The van der Waals surface area contributed by atoms with Gasteiger partial charge in [0.25, 0.3) is 0 Å². The third-order valence-electron chi connectivity index (χ3n) is 6.75. The molecule has 3 aromatic rings. The van der Waals surface area contributed by atoms with Crippen molar-refractivity contribution in [2.24, 2.45) is 11.8 Å². The Morgan fingerprint density at radius 3 is 2.97 bits per heavy atom. The Balaban J connectivity index is 1.30. The first-order valence-corrected chi connectivity index (χ1v) is 14.1. The number of carboxylic acid groups (broad SMARTS) is 1. The first-order chi connectivity index (χ1) is 17.0. The Morgan fingerprint density at radius 2 is 2.23 bits per heavy atom. The number of fused-ring (bicyclic) bond motifs is 1. The number of hydrogen-bond acceptors (Lipinski definition) is 7. The zero-order chi connectivity index (χ0) is 24.8. The molecule has 35 heavy (non-hydrogen) atoms. The lowest BCUT2D eigenvalue weighted by molar-refractivity contribution is -0.146. The number of ether oxygens (including phenoxy) is 1. The van der Waals surface area contributed by atoms with Crippen molar-refractivity contribution in [1.29, 1.82) is 0 Å². The van der Waals surface area contributed by atoms with Crippen molar-refractivity contribution in [3.8, 4) is 5.75 Å². The lowest BCUT2D eigenvalue weighted by Gasteiger charge is -2.37. The Kier molecular flexibility index (Phi) is 9.30. The van der Waals surface area contributed by atoms with E-state index >= 15 is 0 Å². The normalized spacial score (nSPS) is 19.6. The number of nitrogens with zero attached hydrogens (tertiary/aromatic N) is 2. The molecule has 1 saturated heterocycles. The number of methoxy groups -OCH3 is 1. The molecular weight excluding hydrogens is 504 g/mol. The lowest BCUT2D eigenvalue weighted by atomic mass is 9.81. The van der Waals surface area contributed by atoms with Gasteiger partial charge in [0.15, 0.2) is 0 Å². The third kappa shape index (κ3) is 6.68. The molecular formula is C26H31ClN2O4S2. The number of rotatable bonds is 11. The molecule has 4 rings (SSSR count). The lowest BCUT2D eigenvalue weighted by Crippen LogP contribution is -2.44. The van der Waals surface area contributed by atoms with Crippen molar-refractivity contribution in [3.63, 3.8) is 0 Å². The maximum Gasteiger partial charge on any atom is 0.308 e. The summed E-state index contributed by atoms with van der Waals surface area (Å²) < 4.78 is 6.48. The highest BCUT2D eigenvalue weighted by atomic mass is 35.5. The number of carboxylic acids is 1. The van der Waals surface area contributed by atoms with Gasteiger partial charge in [-0.1, -0.05) is 11.6 Å². The minimum atomic E-state index is -0.743. The van der Waals surface area contributed by atoms with Crippen LogP contribution < -0.4 is 4.74 Å². The van der Waals surface area contributed by atoms with E-state index in [1.807, 2.05) is 35.7 Å². The highest BCUT2D eigenvalue weighted by Gasteiger charge is 2.34. The zero-order valence-electron chi connectivity index (χ0n) is 19.7. The summed E-state index contributed by atoms with van der Waals surface area (Å²) in [5.41, 5.74) is 1.61. The molecule has 0 bridgehead atoms. The van der Waals surface area contributed by atoms with Crippen LogP contribution in [0.5, 0.6) is 5.75 Å². The van der Waals surface area contributed by atoms with Gasteiger partial charge in [-0.3, -0.25) is 9.78 Å². The summed E-state index contributed by atoms with van der Waals surface area (Å²) in [7, 11) is 1.62. The van der Waals surface area contributed by atoms with E-state index in [1.165, 1.54) is 0 Å². The van der Waals surface area contributed by atoms with Gasteiger partial charge in [0.2, 0.25) is 0 Å². The van der Waals surface area contributed by atoms with E-state index in [1.54, 1.807) is 36.4 Å². The molecule has 3 atom stereocenters. The number of halogens is 1. The summed E-state index contributed by atoms with van der Waals surface area (Å²) in [6, 6.07) is 9.39. The summed E-state index contributed by atoms with van der Waals surface area (Å²) in [6.45, 7) is 2.35. The second-order valence-corrected chi connectivity index (χ2v) is 11.6. The van der Waals surface area contributed by atoms with E-state index in [4.69, 9.17) is 16.3 Å². The number of likely N-dealkylation sites (tertiary alicyclic amines) is 1. The first kappa shape index (κ1) is 26.2. The van der Waals surface area contributed by atoms with Crippen LogP contribution in [0, 0.1) is 11.8 Å². The maximum atomic E-state index is 12.1. The van der Waals surface area contributed by atoms with Gasteiger partial charge in [0, 0.05) is 23.9 Å². The molecule has 1 aliphatic rings. The molecule has 0 unspecified atom stereocenters. The Hall–Kier alpha value is -1.84. The molecule has 0 radical (unpaired) electrons. The maximum absolute atomic E-state index is 12.1. The van der Waals surface area contributed by atoms with Crippen LogP contribution in [0.1, 0.15) is 37.4 Å². The van der Waals surface area contributed by atoms with Crippen molar-refractivity contribution in [2.75, 3.05) is 32.5 Å². The quantitative estimate of drug-likeness (QED) is 0.231. The number of carbonyl (C=O) groups is 1. The molecule has 0 spiro atoms. The number of thiophene rings is 1. The van der Waals surface area contributed by atoms with Gasteiger partial charge >= 0.3 is 5.97 Å². The van der Waals surface area contributed by atoms with Crippen molar-refractivity contribution < 1.29 is 19.7 Å². The van der Waals surface area contributed by atoms with Crippen molar-refractivity contribution in [3.05, 3.63) is 52.5 Å². The molecule has 1 aromatic carbocycles. The fourth-order valence-electron chi connectivity index (χ4n) is 4.82. The SMILES string of the molecule is COc1ccc2nccc([C@@H](O)CC[C@@H]3CCN(CCCSc4sccc4Cl)C[C@@H]3C(=O)O)c2c1. The van der Waals surface area contributed by atoms with Gasteiger partial charge in [-0.15, -0.1) is 23.1 Å². The molecule has 6 nitrogen and oxygen atoms in total. The molecule has 0 aliphatic carbocycles. The number of aromatic nitrogens is 1. The molecule has 2 aromatic heterocycles. The van der Waals surface area contributed by atoms with Gasteiger partial charge in [-0.05, 0) is 86.0 Å². The van der Waals surface area contributed by atoms with Crippen LogP contribution in [-0.2, 0) is 4.79 Å². The minimum Gasteiger partial charge on any atom is -0.497 e. The van der Waals surface area contributed by atoms with Crippen LogP contribution in [0.15, 0.2) is 46.1 Å². The number of piperidine rings is 1. The Labute approximate surface area is 219 Å². The van der Waals surface area contributed by atoms with Crippen LogP contribution >= 0.6 is 34.7 Å². The predicted molar refractivity (Wildman–Crippen MR) is 143 cm³/mol. The van der Waals surface area contributed by atoms with Crippen LogP contribution in [0.2, 0.25) is 5.02 Å². The minimum absolute atomic E-state index is 0.0559. The number of hydrogen-bond donors (Lipinski definition) is 2. The van der Waals surface area contributed by atoms with E-state index in [0.29, 0.717) is 25.1 Å². The summed E-state index contributed by atoms with van der Waals surface area (Å²) in [6.07, 6.45) is 4.04. The number of pyridine rings is 1. The molecule has 1 aliphatic heterocycles. The fraction of sp³-hybridized carbons (Fsp3) is 0.462. The fourth-order valence-corrected chi connectivity index (χ4v) is 7.12. The Bertz CT molecular complexity index is 1140. The van der Waals surface area contributed by atoms with Crippen molar-refractivity contribution in [1.82, 2.24) is 9.88 Å². The van der Waals surface area contributed by atoms with Gasteiger partial charge in [-0.25, -0.2) is 0 Å². The summed E-state index contributed by atoms with van der Waals surface area (Å²) in [5.74, 6) is 0.585. The molecule has 0 amide bonds. The molecule has 3 heterocycles. The average Bonchev–Trinajstić information content (AvgIpc) is 3.29. The van der Waals surface area contributed by atoms with E-state index < -0.39 is 18.0 Å². The molecule has 1 fully saturated rings. The highest BCUT2D eigenvalue weighted by Crippen LogP contribution is 2.35. The molecule has 0 saturated carbocycles. The smallest absolute Gasteiger partial charge is 0.308 e. The number of aliphatic carboxylic acids is 1. The van der Waals surface area contributed by atoms with Crippen LogP contribution in [0.4, 0.5) is 0 Å². The Morgan fingerprint density at radius 1 is 1.37 bits per heavy atom. The standard InChI is InChI=1S/C26H31ClN2O4S2/c1-33-18-4-5-23-20(15-18)19(7-10-28-23)24(30)6-3-17-8-12-29(16-21(17)25(31)32)11-2-13-34-26-22(27)9-14-35-26/h4-5,7,9-10,14-15,17,21,24,30H,2-3,6,8,11-13,16H2,1H3,(H,31,32)/t17-,21+,24+/m1/s1. The predicted octanol–water partition coefficient (Wildman–Crippen LogP) is 5.98. The third-order valence-corrected chi connectivity index (χ3v) is 9.61. The van der Waals surface area contributed by atoms with Crippen molar-refractivity contribution >= 4 is 51.6 Å². The summed E-state index contributed by atoms with van der Waals surface area (Å²) >= 11 is 9.58. The highest BCUT2D eigenvalue weighted by molar-refractivity contribution is 8.01. The topological polar surface area (TPSA) is 82.9 Å². The first-order valence-electron chi connectivity index (χ1n) is 11.9. The zero-order valence-corrected chi connectivity index (χ0v) is 22.1. The summed E-state index contributed by atoms with van der Waals surface area (Å²) in [5, 5.41) is 24.6. The van der Waals surface area contributed by atoms with E-state index in [2.05, 4.69) is 9.88 Å². The van der Waals surface area contributed by atoms with Gasteiger partial charge in [0.1, 0.15) is 5.75 Å². The van der Waals surface area contributed by atoms with Gasteiger partial charge in [0.05, 0.1) is 33.9 Å². The molecule has 188 valence electrons. The van der Waals surface area contributed by atoms with Gasteiger partial charge in [-0.2, -0.15) is 0 Å². The second-order valence-electron chi connectivity index (χ2n) is 8.93. The van der Waals surface area contributed by atoms with E-state index in [-0.39, 0.29) is 5.92 Å². The number of aliphatic hydroxyl groups excluding tert-OH is 1. The van der Waals surface area contributed by atoms with Crippen LogP contribution in [-0.4, -0.2) is 58.6 Å². The largest absolute Gasteiger partial charge is 0.497 e. The monoisotopic (exact) mass is 534 g/mol. The molecule has 9 heteroatoms.